The molecule has 0 saturated carbocycles. The zero-order valence-electron chi connectivity index (χ0n) is 6.36. The lowest BCUT2D eigenvalue weighted by Crippen LogP contribution is -1.90. The van der Waals surface area contributed by atoms with Crippen LogP contribution in [0.4, 0.5) is 0 Å². The third-order valence-corrected chi connectivity index (χ3v) is 1.33. The van der Waals surface area contributed by atoms with Crippen molar-refractivity contribution in [2.24, 2.45) is 0 Å². The first kappa shape index (κ1) is 8.40. The number of rotatable bonds is 3. The molecule has 0 fully saturated rings. The maximum absolute atomic E-state index is 10.5. The highest BCUT2D eigenvalue weighted by Gasteiger charge is 1.91. The molecule has 0 amide bonds. The molecule has 59 valence electrons. The number of hydrogen-bond acceptors (Lipinski definition) is 2. The van der Waals surface area contributed by atoms with E-state index >= 15 is 0 Å². The van der Waals surface area contributed by atoms with Crippen LogP contribution in [0.2, 0.25) is 0 Å². The Balaban J connectivity index is 2.70. The topological polar surface area (TPSA) is 34.1 Å². The van der Waals surface area contributed by atoms with E-state index in [-0.39, 0.29) is 0 Å². The third kappa shape index (κ3) is 2.50. The smallest absolute Gasteiger partial charge is 0.276 e. The predicted octanol–water partition coefficient (Wildman–Crippen LogP) is 1.38. The summed E-state index contributed by atoms with van der Waals surface area (Å²) in [7, 11) is 0. The minimum absolute atomic E-state index is 0.640. The van der Waals surface area contributed by atoms with Gasteiger partial charge in [0, 0.05) is 0 Å². The van der Waals surface area contributed by atoms with Gasteiger partial charge in [-0.1, -0.05) is 36.4 Å². The molecule has 0 spiro atoms. The van der Waals surface area contributed by atoms with Crippen LogP contribution >= 0.6 is 0 Å². The van der Waals surface area contributed by atoms with Crippen LogP contribution in [0.1, 0.15) is 5.56 Å². The molecule has 0 aliphatic carbocycles. The molecule has 0 saturated heterocycles. The Bertz CT molecular complexity index is 299. The quantitative estimate of drug-likeness (QED) is 0.493. The van der Waals surface area contributed by atoms with Crippen LogP contribution in [0.25, 0.3) is 6.08 Å². The van der Waals surface area contributed by atoms with E-state index in [9.17, 15) is 9.59 Å². The molecule has 0 heterocycles. The second-order valence-electron chi connectivity index (χ2n) is 2.21. The number of ketones is 1. The lowest BCUT2D eigenvalue weighted by molar-refractivity contribution is -0.108. The lowest BCUT2D eigenvalue weighted by Gasteiger charge is -1.87. The summed E-state index contributed by atoms with van der Waals surface area (Å²) < 4.78 is 0. The second-order valence-corrected chi connectivity index (χ2v) is 2.21. The van der Waals surface area contributed by atoms with Crippen LogP contribution < -0.4 is 0 Å². The molecule has 0 bridgehead atoms. The van der Waals surface area contributed by atoms with Gasteiger partial charge in [-0.15, -0.1) is 0 Å². The number of carbonyl (C=O) groups is 1. The standard InChI is InChI=1S/C10H7O2/c11-8-10(12)7-6-9-4-2-1-3-5-9/h1-7H/b7-6+. The summed E-state index contributed by atoms with van der Waals surface area (Å²) in [6, 6.07) is 9.28. The molecule has 0 aromatic heterocycles. The van der Waals surface area contributed by atoms with E-state index in [1.807, 2.05) is 30.3 Å². The minimum atomic E-state index is -0.640. The van der Waals surface area contributed by atoms with E-state index in [4.69, 9.17) is 0 Å². The van der Waals surface area contributed by atoms with E-state index in [0.29, 0.717) is 0 Å². The van der Waals surface area contributed by atoms with Gasteiger partial charge in [0.25, 0.3) is 6.29 Å². The van der Waals surface area contributed by atoms with Crippen molar-refractivity contribution in [1.82, 2.24) is 0 Å². The fraction of sp³-hybridized carbons (Fsp3) is 0. The van der Waals surface area contributed by atoms with Crippen molar-refractivity contribution in [3.8, 4) is 0 Å². The van der Waals surface area contributed by atoms with Crippen LogP contribution in [0, 0.1) is 0 Å². The average Bonchev–Trinajstić information content (AvgIpc) is 2.16. The van der Waals surface area contributed by atoms with Crippen molar-refractivity contribution in [3.05, 3.63) is 42.0 Å². The van der Waals surface area contributed by atoms with Gasteiger partial charge >= 0.3 is 0 Å². The molecule has 0 N–H and O–H groups in total. The van der Waals surface area contributed by atoms with Crippen molar-refractivity contribution >= 4 is 18.1 Å². The summed E-state index contributed by atoms with van der Waals surface area (Å²) in [5, 5.41) is 0. The Morgan fingerprint density at radius 3 is 2.50 bits per heavy atom. The Morgan fingerprint density at radius 1 is 1.25 bits per heavy atom. The average molecular weight is 159 g/mol. The van der Waals surface area contributed by atoms with E-state index in [0.717, 1.165) is 5.56 Å². The maximum atomic E-state index is 10.5. The third-order valence-electron chi connectivity index (χ3n) is 1.33. The molecule has 0 atom stereocenters. The Kier molecular flexibility index (Phi) is 2.96. The Hall–Kier alpha value is -1.70. The molecule has 2 nitrogen and oxygen atoms in total. The molecule has 1 aromatic rings. The van der Waals surface area contributed by atoms with Crippen molar-refractivity contribution in [2.75, 3.05) is 0 Å². The van der Waals surface area contributed by atoms with Gasteiger partial charge in [0.15, 0.2) is 0 Å². The van der Waals surface area contributed by atoms with Crippen molar-refractivity contribution in [3.63, 3.8) is 0 Å². The lowest BCUT2D eigenvalue weighted by atomic mass is 10.2. The summed E-state index contributed by atoms with van der Waals surface area (Å²) >= 11 is 0. The molecule has 12 heavy (non-hydrogen) atoms. The van der Waals surface area contributed by atoms with Crippen LogP contribution in [0.3, 0.4) is 0 Å². The van der Waals surface area contributed by atoms with Gasteiger partial charge in [0.1, 0.15) is 0 Å². The second kappa shape index (κ2) is 4.23. The Morgan fingerprint density at radius 2 is 1.92 bits per heavy atom. The molecule has 1 rings (SSSR count). The highest BCUT2D eigenvalue weighted by Crippen LogP contribution is 2.00. The van der Waals surface area contributed by atoms with E-state index in [1.165, 1.54) is 12.4 Å². The predicted molar refractivity (Wildman–Crippen MR) is 46.2 cm³/mol. The molecule has 0 unspecified atom stereocenters. The van der Waals surface area contributed by atoms with Gasteiger partial charge in [-0.2, -0.15) is 0 Å². The fourth-order valence-corrected chi connectivity index (χ4v) is 0.770. The fourth-order valence-electron chi connectivity index (χ4n) is 0.770. The first-order chi connectivity index (χ1) is 5.83. The van der Waals surface area contributed by atoms with Gasteiger partial charge in [0.05, 0.1) is 0 Å². The van der Waals surface area contributed by atoms with Crippen molar-refractivity contribution in [2.45, 2.75) is 0 Å². The monoisotopic (exact) mass is 159 g/mol. The molecular weight excluding hydrogens is 152 g/mol. The van der Waals surface area contributed by atoms with Crippen LogP contribution in [0.15, 0.2) is 36.4 Å². The zero-order valence-corrected chi connectivity index (χ0v) is 6.36. The number of hydrogen-bond donors (Lipinski definition) is 0. The summed E-state index contributed by atoms with van der Waals surface area (Å²) in [6.07, 6.45) is 4.03. The largest absolute Gasteiger partial charge is 0.285 e. The first-order valence-corrected chi connectivity index (χ1v) is 3.48. The first-order valence-electron chi connectivity index (χ1n) is 3.48. The number of allylic oxidation sites excluding steroid dienone is 1. The van der Waals surface area contributed by atoms with Gasteiger partial charge < -0.3 is 0 Å². The highest BCUT2D eigenvalue weighted by molar-refractivity contribution is 6.31. The van der Waals surface area contributed by atoms with E-state index in [2.05, 4.69) is 0 Å². The molecular formula is C10H7O2. The molecule has 2 heteroatoms. The normalized spacial score (nSPS) is 10.0. The summed E-state index contributed by atoms with van der Waals surface area (Å²) in [6.45, 7) is 0. The number of carbonyl (C=O) groups excluding carboxylic acids is 2. The van der Waals surface area contributed by atoms with E-state index in [1.54, 1.807) is 6.08 Å². The molecule has 1 radical (unpaired) electrons. The van der Waals surface area contributed by atoms with Crippen LogP contribution in [-0.2, 0) is 9.59 Å². The van der Waals surface area contributed by atoms with Gasteiger partial charge in [-0.25, -0.2) is 0 Å². The summed E-state index contributed by atoms with van der Waals surface area (Å²) in [5.74, 6) is -0.640. The minimum Gasteiger partial charge on any atom is -0.285 e. The van der Waals surface area contributed by atoms with Gasteiger partial charge in [-0.05, 0) is 11.6 Å². The molecule has 0 aliphatic rings. The van der Waals surface area contributed by atoms with Crippen molar-refractivity contribution in [1.29, 1.82) is 0 Å². The van der Waals surface area contributed by atoms with Gasteiger partial charge in [0.2, 0.25) is 5.78 Å². The van der Waals surface area contributed by atoms with Crippen molar-refractivity contribution < 1.29 is 9.59 Å². The van der Waals surface area contributed by atoms with Crippen LogP contribution in [0.5, 0.6) is 0 Å². The highest BCUT2D eigenvalue weighted by atomic mass is 16.2. The molecule has 1 aromatic carbocycles. The SMILES string of the molecule is O=[C]C(=O)/C=C/c1ccccc1. The summed E-state index contributed by atoms with van der Waals surface area (Å²) in [5.41, 5.74) is 0.890. The van der Waals surface area contributed by atoms with Gasteiger partial charge in [-0.3, -0.25) is 9.59 Å². The van der Waals surface area contributed by atoms with Crippen LogP contribution in [-0.4, -0.2) is 12.1 Å². The summed E-state index contributed by atoms with van der Waals surface area (Å²) in [4.78, 5) is 20.3. The maximum Gasteiger partial charge on any atom is 0.276 e. The number of benzene rings is 1. The molecule has 0 aliphatic heterocycles. The zero-order chi connectivity index (χ0) is 8.81. The Labute approximate surface area is 70.5 Å². The van der Waals surface area contributed by atoms with E-state index < -0.39 is 5.78 Å².